The van der Waals surface area contributed by atoms with E-state index in [9.17, 15) is 10.1 Å². The zero-order chi connectivity index (χ0) is 14.7. The minimum Gasteiger partial charge on any atom is -0.456 e. The van der Waals surface area contributed by atoms with E-state index >= 15 is 0 Å². The molecular weight excluding hydrogens is 390 g/mol. The van der Waals surface area contributed by atoms with E-state index in [1.54, 1.807) is 6.07 Å². The molecule has 0 bridgehead atoms. The van der Waals surface area contributed by atoms with Gasteiger partial charge < -0.3 is 4.74 Å². The monoisotopic (exact) mass is 399 g/mol. The number of hydrogen-bond acceptors (Lipinski definition) is 3. The van der Waals surface area contributed by atoms with Crippen LogP contribution in [0.1, 0.15) is 11.1 Å². The Labute approximate surface area is 133 Å². The van der Waals surface area contributed by atoms with Crippen LogP contribution in [0, 0.1) is 17.0 Å². The van der Waals surface area contributed by atoms with Crippen molar-refractivity contribution in [2.45, 2.75) is 12.3 Å². The van der Waals surface area contributed by atoms with Crippen molar-refractivity contribution in [3.63, 3.8) is 0 Å². The van der Waals surface area contributed by atoms with Crippen molar-refractivity contribution in [3.05, 3.63) is 62.1 Å². The molecule has 0 aromatic heterocycles. The number of halogens is 2. The number of ether oxygens (including phenoxy) is 1. The van der Waals surface area contributed by atoms with E-state index in [4.69, 9.17) is 4.74 Å². The lowest BCUT2D eigenvalue weighted by atomic mass is 10.1. The quantitative estimate of drug-likeness (QED) is 0.394. The molecule has 4 nitrogen and oxygen atoms in total. The Balaban J connectivity index is 2.39. The van der Waals surface area contributed by atoms with Gasteiger partial charge in [-0.05, 0) is 35.0 Å². The second kappa shape index (κ2) is 6.37. The predicted octanol–water partition coefficient (Wildman–Crippen LogP) is 5.35. The number of nitro groups is 1. The summed E-state index contributed by atoms with van der Waals surface area (Å²) in [5.41, 5.74) is 2.11. The number of hydrogen-bond donors (Lipinski definition) is 0. The fourth-order valence-electron chi connectivity index (χ4n) is 1.71. The highest BCUT2D eigenvalue weighted by molar-refractivity contribution is 9.10. The third-order valence-corrected chi connectivity index (χ3v) is 3.96. The molecule has 0 saturated carbocycles. The van der Waals surface area contributed by atoms with Crippen molar-refractivity contribution < 1.29 is 9.66 Å². The second-order valence-electron chi connectivity index (χ2n) is 4.22. The number of alkyl halides is 1. The Morgan fingerprint density at radius 3 is 2.60 bits per heavy atom. The van der Waals surface area contributed by atoms with Crippen LogP contribution in [0.15, 0.2) is 40.9 Å². The van der Waals surface area contributed by atoms with Crippen molar-refractivity contribution in [2.24, 2.45) is 0 Å². The van der Waals surface area contributed by atoms with Gasteiger partial charge in [-0.1, -0.05) is 33.6 Å². The molecule has 0 aliphatic carbocycles. The molecule has 0 saturated heterocycles. The molecule has 0 radical (unpaired) electrons. The molecule has 0 amide bonds. The van der Waals surface area contributed by atoms with E-state index < -0.39 is 4.92 Å². The number of non-ortho nitro benzene ring substituents is 1. The number of benzene rings is 2. The summed E-state index contributed by atoms with van der Waals surface area (Å²) in [6, 6.07) is 10.2. The Hall–Kier alpha value is -1.40. The maximum Gasteiger partial charge on any atom is 0.273 e. The van der Waals surface area contributed by atoms with Gasteiger partial charge in [0.2, 0.25) is 0 Å². The van der Waals surface area contributed by atoms with E-state index in [-0.39, 0.29) is 5.69 Å². The third kappa shape index (κ3) is 3.37. The normalized spacial score (nSPS) is 10.3. The Bertz CT molecular complexity index is 659. The zero-order valence-electron chi connectivity index (χ0n) is 10.6. The van der Waals surface area contributed by atoms with Crippen molar-refractivity contribution in [1.82, 2.24) is 0 Å². The van der Waals surface area contributed by atoms with Crippen LogP contribution in [0.3, 0.4) is 0 Å². The summed E-state index contributed by atoms with van der Waals surface area (Å²) in [5.74, 6) is 1.10. The number of nitrogens with zero attached hydrogens (tertiary/aromatic N) is 1. The topological polar surface area (TPSA) is 52.4 Å². The smallest absolute Gasteiger partial charge is 0.273 e. The van der Waals surface area contributed by atoms with Crippen LogP contribution in [-0.4, -0.2) is 4.92 Å². The van der Waals surface area contributed by atoms with Crippen molar-refractivity contribution >= 4 is 37.5 Å². The van der Waals surface area contributed by atoms with Gasteiger partial charge in [-0.2, -0.15) is 0 Å². The van der Waals surface area contributed by atoms with Crippen LogP contribution in [0.4, 0.5) is 5.69 Å². The first-order chi connectivity index (χ1) is 9.51. The first-order valence-electron chi connectivity index (χ1n) is 5.78. The Morgan fingerprint density at radius 2 is 1.95 bits per heavy atom. The highest BCUT2D eigenvalue weighted by Crippen LogP contribution is 2.35. The lowest BCUT2D eigenvalue weighted by Gasteiger charge is -2.11. The van der Waals surface area contributed by atoms with Crippen molar-refractivity contribution in [1.29, 1.82) is 0 Å². The maximum absolute atomic E-state index is 10.8. The molecule has 104 valence electrons. The molecule has 2 rings (SSSR count). The minimum absolute atomic E-state index is 0.00398. The molecule has 0 aliphatic rings. The largest absolute Gasteiger partial charge is 0.456 e. The van der Waals surface area contributed by atoms with E-state index in [0.717, 1.165) is 11.1 Å². The van der Waals surface area contributed by atoms with Gasteiger partial charge >= 0.3 is 0 Å². The summed E-state index contributed by atoms with van der Waals surface area (Å²) < 4.78 is 6.47. The van der Waals surface area contributed by atoms with Gasteiger partial charge in [-0.25, -0.2) is 0 Å². The lowest BCUT2D eigenvalue weighted by molar-refractivity contribution is -0.384. The summed E-state index contributed by atoms with van der Waals surface area (Å²) in [6.45, 7) is 2.00. The molecule has 0 aliphatic heterocycles. The van der Waals surface area contributed by atoms with Gasteiger partial charge in [0.1, 0.15) is 11.5 Å². The summed E-state index contributed by atoms with van der Waals surface area (Å²) in [7, 11) is 0. The molecule has 0 fully saturated rings. The molecule has 20 heavy (non-hydrogen) atoms. The summed E-state index contributed by atoms with van der Waals surface area (Å²) in [6.07, 6.45) is 0. The van der Waals surface area contributed by atoms with Crippen LogP contribution < -0.4 is 4.74 Å². The molecular formula is C14H11Br2NO3. The van der Waals surface area contributed by atoms with Gasteiger partial charge in [0, 0.05) is 17.0 Å². The fourth-order valence-corrected chi connectivity index (χ4v) is 2.48. The first kappa shape index (κ1) is 15.0. The van der Waals surface area contributed by atoms with E-state index in [0.29, 0.717) is 21.3 Å². The Morgan fingerprint density at radius 1 is 1.20 bits per heavy atom. The number of rotatable bonds is 4. The number of aryl methyl sites for hydroxylation is 1. The van der Waals surface area contributed by atoms with Crippen molar-refractivity contribution in [3.8, 4) is 11.5 Å². The lowest BCUT2D eigenvalue weighted by Crippen LogP contribution is -1.93. The fraction of sp³-hybridized carbons (Fsp3) is 0.143. The molecule has 0 N–H and O–H groups in total. The van der Waals surface area contributed by atoms with Crippen LogP contribution in [0.5, 0.6) is 11.5 Å². The predicted molar refractivity (Wildman–Crippen MR) is 84.7 cm³/mol. The maximum atomic E-state index is 10.8. The highest BCUT2D eigenvalue weighted by Gasteiger charge is 2.12. The first-order valence-corrected chi connectivity index (χ1v) is 7.70. The summed E-state index contributed by atoms with van der Waals surface area (Å²) in [4.78, 5) is 10.4. The van der Waals surface area contributed by atoms with Crippen LogP contribution in [-0.2, 0) is 5.33 Å². The van der Waals surface area contributed by atoms with Crippen LogP contribution in [0.2, 0.25) is 0 Å². The van der Waals surface area contributed by atoms with E-state index in [1.807, 2.05) is 25.1 Å². The zero-order valence-corrected chi connectivity index (χ0v) is 13.8. The molecule has 0 spiro atoms. The molecule has 2 aromatic rings. The van der Waals surface area contributed by atoms with Crippen LogP contribution in [0.25, 0.3) is 0 Å². The highest BCUT2D eigenvalue weighted by atomic mass is 79.9. The molecule has 0 atom stereocenters. The van der Waals surface area contributed by atoms with E-state index in [2.05, 4.69) is 31.9 Å². The van der Waals surface area contributed by atoms with Gasteiger partial charge in [0.05, 0.1) is 15.5 Å². The standard InChI is InChI=1S/C14H11Br2NO3/c1-9-2-5-13(10(6-9)8-15)20-14-7-11(17(18)19)3-4-12(14)16/h2-7H,8H2,1H3. The molecule has 0 unspecified atom stereocenters. The van der Waals surface area contributed by atoms with Crippen LogP contribution >= 0.6 is 31.9 Å². The molecule has 0 heterocycles. The van der Waals surface area contributed by atoms with Crippen molar-refractivity contribution in [2.75, 3.05) is 0 Å². The second-order valence-corrected chi connectivity index (χ2v) is 5.63. The van der Waals surface area contributed by atoms with Gasteiger partial charge in [-0.15, -0.1) is 0 Å². The summed E-state index contributed by atoms with van der Waals surface area (Å²) in [5, 5.41) is 11.5. The third-order valence-electron chi connectivity index (χ3n) is 2.71. The SMILES string of the molecule is Cc1ccc(Oc2cc([N+](=O)[O-])ccc2Br)c(CBr)c1. The minimum atomic E-state index is -0.445. The molecule has 6 heteroatoms. The number of nitro benzene ring substituents is 1. The van der Waals surface area contributed by atoms with E-state index in [1.165, 1.54) is 12.1 Å². The van der Waals surface area contributed by atoms with Gasteiger partial charge in [0.15, 0.2) is 0 Å². The average Bonchev–Trinajstić information content (AvgIpc) is 2.42. The average molecular weight is 401 g/mol. The molecule has 2 aromatic carbocycles. The van der Waals surface area contributed by atoms with Gasteiger partial charge in [-0.3, -0.25) is 10.1 Å². The Kier molecular flexibility index (Phi) is 4.77. The summed E-state index contributed by atoms with van der Waals surface area (Å²) >= 11 is 6.75. The van der Waals surface area contributed by atoms with Gasteiger partial charge in [0.25, 0.3) is 5.69 Å².